The molecule has 23 heavy (non-hydrogen) atoms. The number of carbonyl (C=O) groups is 1. The number of aromatic nitrogens is 4. The van der Waals surface area contributed by atoms with Crippen molar-refractivity contribution >= 4 is 23.9 Å². The first-order chi connectivity index (χ1) is 10.9. The Morgan fingerprint density at radius 1 is 1.30 bits per heavy atom. The highest BCUT2D eigenvalue weighted by Crippen LogP contribution is 2.24. The van der Waals surface area contributed by atoms with Gasteiger partial charge in [0.15, 0.2) is 11.5 Å². The minimum absolute atomic E-state index is 0.137. The van der Waals surface area contributed by atoms with Gasteiger partial charge >= 0.3 is 0 Å². The number of aromatic hydroxyl groups is 2. The van der Waals surface area contributed by atoms with Crippen LogP contribution in [0.15, 0.2) is 24.3 Å². The first-order valence-electron chi connectivity index (χ1n) is 6.69. The van der Waals surface area contributed by atoms with Gasteiger partial charge in [0, 0.05) is 11.3 Å². The van der Waals surface area contributed by atoms with Crippen molar-refractivity contribution < 1.29 is 15.0 Å². The van der Waals surface area contributed by atoms with Crippen LogP contribution in [0.4, 0.5) is 0 Å². The van der Waals surface area contributed by atoms with Gasteiger partial charge in [0.1, 0.15) is 10.5 Å². The molecule has 0 saturated heterocycles. The average Bonchev–Trinajstić information content (AvgIpc) is 2.91. The van der Waals surface area contributed by atoms with E-state index in [4.69, 9.17) is 12.2 Å². The van der Waals surface area contributed by atoms with E-state index in [1.165, 1.54) is 18.2 Å². The van der Waals surface area contributed by atoms with E-state index in [1.807, 2.05) is 6.92 Å². The molecule has 2 heterocycles. The third kappa shape index (κ3) is 2.99. The maximum Gasteiger partial charge on any atom is 0.252 e. The molecule has 118 valence electrons. The predicted molar refractivity (Wildman–Crippen MR) is 83.9 cm³/mol. The van der Waals surface area contributed by atoms with Crippen molar-refractivity contribution in [1.29, 1.82) is 0 Å². The Morgan fingerprint density at radius 3 is 2.83 bits per heavy atom. The molecule has 2 aromatic heterocycles. The molecule has 0 fully saturated rings. The van der Waals surface area contributed by atoms with Gasteiger partial charge in [-0.3, -0.25) is 9.89 Å². The fourth-order valence-corrected chi connectivity index (χ4v) is 2.34. The Balaban J connectivity index is 1.77. The number of phenolic OH excluding ortho intramolecular Hbond substituents is 2. The van der Waals surface area contributed by atoms with Crippen molar-refractivity contribution in [3.05, 3.63) is 46.0 Å². The van der Waals surface area contributed by atoms with Crippen LogP contribution in [0.1, 0.15) is 21.9 Å². The zero-order chi connectivity index (χ0) is 16.6. The van der Waals surface area contributed by atoms with E-state index in [9.17, 15) is 15.0 Å². The molecule has 0 spiro atoms. The van der Waals surface area contributed by atoms with Gasteiger partial charge in [-0.1, -0.05) is 12.2 Å². The van der Waals surface area contributed by atoms with Crippen LogP contribution in [0.25, 0.3) is 5.78 Å². The quantitative estimate of drug-likeness (QED) is 0.426. The van der Waals surface area contributed by atoms with Crippen molar-refractivity contribution in [2.75, 3.05) is 0 Å². The number of hydrogen-bond acceptors (Lipinski definition) is 6. The van der Waals surface area contributed by atoms with Crippen LogP contribution in [0.2, 0.25) is 0 Å². The van der Waals surface area contributed by atoms with Crippen LogP contribution < -0.4 is 5.32 Å². The molecule has 1 amide bonds. The Kier molecular flexibility index (Phi) is 3.70. The number of rotatable bonds is 3. The number of amides is 1. The molecule has 3 aromatic rings. The summed E-state index contributed by atoms with van der Waals surface area (Å²) in [6, 6.07) is 5.58. The van der Waals surface area contributed by atoms with E-state index >= 15 is 0 Å². The van der Waals surface area contributed by atoms with Crippen molar-refractivity contribution in [2.24, 2.45) is 0 Å². The number of aryl methyl sites for hydroxylation is 1. The Labute approximate surface area is 135 Å². The summed E-state index contributed by atoms with van der Waals surface area (Å²) in [5.74, 6) is -0.123. The number of phenols is 2. The van der Waals surface area contributed by atoms with Crippen LogP contribution in [-0.4, -0.2) is 35.7 Å². The molecule has 0 aliphatic heterocycles. The summed E-state index contributed by atoms with van der Waals surface area (Å²) in [5, 5.41) is 24.3. The first-order valence-corrected chi connectivity index (χ1v) is 7.10. The van der Waals surface area contributed by atoms with Crippen LogP contribution in [-0.2, 0) is 6.54 Å². The lowest BCUT2D eigenvalue weighted by Crippen LogP contribution is -2.23. The minimum atomic E-state index is -0.409. The fourth-order valence-electron chi connectivity index (χ4n) is 2.05. The van der Waals surface area contributed by atoms with E-state index in [1.54, 1.807) is 10.6 Å². The third-order valence-corrected chi connectivity index (χ3v) is 3.46. The van der Waals surface area contributed by atoms with Gasteiger partial charge in [-0.25, -0.2) is 9.50 Å². The van der Waals surface area contributed by atoms with Gasteiger partial charge in [0.2, 0.25) is 0 Å². The Morgan fingerprint density at radius 2 is 2.09 bits per heavy atom. The van der Waals surface area contributed by atoms with E-state index in [2.05, 4.69) is 20.4 Å². The minimum Gasteiger partial charge on any atom is -0.504 e. The highest BCUT2D eigenvalue weighted by atomic mass is 32.1. The molecule has 0 unspecified atom stereocenters. The standard InChI is InChI=1S/C14H13N5O3S/c1-7-4-12(23)19-14(16-7)17-11(18-19)6-15-13(22)8-2-3-9(20)10(21)5-8/h2-5,20-21H,6H2,1H3,(H,15,22)(H,16,17,18). The maximum absolute atomic E-state index is 12.0. The average molecular weight is 331 g/mol. The first kappa shape index (κ1) is 15.0. The monoisotopic (exact) mass is 331 g/mol. The number of aromatic amines is 1. The molecule has 8 nitrogen and oxygen atoms in total. The second-order valence-electron chi connectivity index (χ2n) is 4.93. The van der Waals surface area contributed by atoms with E-state index in [0.717, 1.165) is 5.69 Å². The molecule has 0 atom stereocenters. The second-order valence-corrected chi connectivity index (χ2v) is 5.35. The molecule has 0 aliphatic carbocycles. The van der Waals surface area contributed by atoms with Gasteiger partial charge in [0.05, 0.1) is 6.54 Å². The second kappa shape index (κ2) is 5.69. The zero-order valence-corrected chi connectivity index (χ0v) is 12.9. The summed E-state index contributed by atoms with van der Waals surface area (Å²) in [6.07, 6.45) is 0. The number of benzene rings is 1. The summed E-state index contributed by atoms with van der Waals surface area (Å²) in [6.45, 7) is 1.96. The van der Waals surface area contributed by atoms with Gasteiger partial charge in [-0.2, -0.15) is 4.98 Å². The number of carbonyl (C=O) groups excluding carboxylic acids is 1. The number of nitrogens with zero attached hydrogens (tertiary/aromatic N) is 3. The summed E-state index contributed by atoms with van der Waals surface area (Å²) >= 11 is 5.21. The highest BCUT2D eigenvalue weighted by molar-refractivity contribution is 7.71. The van der Waals surface area contributed by atoms with Crippen molar-refractivity contribution in [3.63, 3.8) is 0 Å². The zero-order valence-electron chi connectivity index (χ0n) is 12.1. The summed E-state index contributed by atoms with van der Waals surface area (Å²) in [4.78, 5) is 20.5. The topological polar surface area (TPSA) is 116 Å². The van der Waals surface area contributed by atoms with E-state index < -0.39 is 5.91 Å². The van der Waals surface area contributed by atoms with Gasteiger partial charge in [-0.05, 0) is 31.2 Å². The molecule has 0 aliphatic rings. The molecular formula is C14H13N5O3S. The predicted octanol–water partition coefficient (Wildman–Crippen LogP) is 1.44. The molecule has 1 aromatic carbocycles. The molecule has 3 rings (SSSR count). The SMILES string of the molecule is Cc1cc(=S)n2[nH]c(CNC(=O)c3ccc(O)c(O)c3)nc2n1. The van der Waals surface area contributed by atoms with E-state index in [-0.39, 0.29) is 23.6 Å². The smallest absolute Gasteiger partial charge is 0.252 e. The lowest BCUT2D eigenvalue weighted by atomic mass is 10.2. The number of H-pyrrole nitrogens is 1. The lowest BCUT2D eigenvalue weighted by molar-refractivity contribution is 0.0949. The largest absolute Gasteiger partial charge is 0.504 e. The summed E-state index contributed by atoms with van der Waals surface area (Å²) < 4.78 is 2.09. The highest BCUT2D eigenvalue weighted by Gasteiger charge is 2.10. The fraction of sp³-hybridized carbons (Fsp3) is 0.143. The van der Waals surface area contributed by atoms with Gasteiger partial charge in [0.25, 0.3) is 11.7 Å². The van der Waals surface area contributed by atoms with Gasteiger partial charge in [-0.15, -0.1) is 0 Å². The maximum atomic E-state index is 12.0. The lowest BCUT2D eigenvalue weighted by Gasteiger charge is -2.04. The third-order valence-electron chi connectivity index (χ3n) is 3.16. The van der Waals surface area contributed by atoms with Crippen LogP contribution in [0, 0.1) is 11.6 Å². The molecule has 0 saturated carbocycles. The van der Waals surface area contributed by atoms with Gasteiger partial charge < -0.3 is 15.5 Å². The number of nitrogens with one attached hydrogen (secondary N) is 2. The van der Waals surface area contributed by atoms with Crippen molar-refractivity contribution in [1.82, 2.24) is 24.9 Å². The molecule has 0 bridgehead atoms. The molecule has 9 heteroatoms. The molecule has 4 N–H and O–H groups in total. The molecule has 0 radical (unpaired) electrons. The van der Waals surface area contributed by atoms with Crippen molar-refractivity contribution in [2.45, 2.75) is 13.5 Å². The van der Waals surface area contributed by atoms with Crippen LogP contribution >= 0.6 is 12.2 Å². The summed E-state index contributed by atoms with van der Waals surface area (Å²) in [7, 11) is 0. The van der Waals surface area contributed by atoms with Crippen LogP contribution in [0.5, 0.6) is 11.5 Å². The Bertz CT molecular complexity index is 963. The number of fused-ring (bicyclic) bond motifs is 1. The van der Waals surface area contributed by atoms with Crippen molar-refractivity contribution in [3.8, 4) is 11.5 Å². The Hall–Kier alpha value is -2.94. The normalized spacial score (nSPS) is 10.8. The summed E-state index contributed by atoms with van der Waals surface area (Å²) in [5.41, 5.74) is 0.985. The number of hydrogen-bond donors (Lipinski definition) is 4. The van der Waals surface area contributed by atoms with Crippen LogP contribution in [0.3, 0.4) is 0 Å². The van der Waals surface area contributed by atoms with E-state index in [0.29, 0.717) is 16.2 Å². The molecular weight excluding hydrogens is 318 g/mol.